The molecular weight excluding hydrogens is 268 g/mol. The summed E-state index contributed by atoms with van der Waals surface area (Å²) in [6.07, 6.45) is 0. The summed E-state index contributed by atoms with van der Waals surface area (Å²) in [6.45, 7) is 5.69. The Kier molecular flexibility index (Phi) is 4.41. The van der Waals surface area contributed by atoms with Crippen LogP contribution in [0.4, 0.5) is 0 Å². The van der Waals surface area contributed by atoms with Gasteiger partial charge in [0.2, 0.25) is 0 Å². The van der Waals surface area contributed by atoms with E-state index in [4.69, 9.17) is 0 Å². The summed E-state index contributed by atoms with van der Waals surface area (Å²) in [7, 11) is -1.22. The quantitative estimate of drug-likeness (QED) is 0.937. The lowest BCUT2D eigenvalue weighted by Crippen LogP contribution is -2.28. The van der Waals surface area contributed by atoms with Gasteiger partial charge in [0.25, 0.3) is 0 Å². The molecule has 0 saturated heterocycles. The highest BCUT2D eigenvalue weighted by Crippen LogP contribution is 2.24. The smallest absolute Gasteiger partial charge is 0.0987 e. The van der Waals surface area contributed by atoms with Crippen LogP contribution in [-0.2, 0) is 16.4 Å². The monoisotopic (exact) mass is 288 g/mol. The Morgan fingerprint density at radius 2 is 1.70 bits per heavy atom. The minimum absolute atomic E-state index is 0.194. The van der Waals surface area contributed by atoms with Gasteiger partial charge in [0.15, 0.2) is 0 Å². The average molecular weight is 288 g/mol. The van der Waals surface area contributed by atoms with Gasteiger partial charge in [-0.05, 0) is 38.5 Å². The normalized spacial score (nSPS) is 15.6. The fraction of sp³-hybridized carbons (Fsp3) is 0.294. The van der Waals surface area contributed by atoms with E-state index in [-0.39, 0.29) is 5.75 Å². The maximum absolute atomic E-state index is 12.4. The van der Waals surface area contributed by atoms with E-state index in [1.54, 1.807) is 6.92 Å². The number of aryl methyl sites for hydroxylation is 2. The van der Waals surface area contributed by atoms with Crippen LogP contribution < -0.4 is 0 Å². The first-order chi connectivity index (χ1) is 9.38. The molecule has 0 fully saturated rings. The van der Waals surface area contributed by atoms with E-state index in [1.807, 2.05) is 62.4 Å². The molecule has 0 bridgehead atoms. The first kappa shape index (κ1) is 14.9. The number of hydrogen-bond acceptors (Lipinski definition) is 2. The fourth-order valence-corrected chi connectivity index (χ4v) is 3.38. The van der Waals surface area contributed by atoms with Crippen molar-refractivity contribution in [3.8, 4) is 0 Å². The number of aliphatic hydroxyl groups is 1. The van der Waals surface area contributed by atoms with Gasteiger partial charge >= 0.3 is 0 Å². The highest BCUT2D eigenvalue weighted by molar-refractivity contribution is 7.85. The number of hydrogen-bond donors (Lipinski definition) is 1. The third-order valence-electron chi connectivity index (χ3n) is 3.34. The zero-order valence-electron chi connectivity index (χ0n) is 12.1. The minimum atomic E-state index is -1.22. The molecule has 3 heteroatoms. The van der Waals surface area contributed by atoms with Gasteiger partial charge in [0, 0.05) is 4.90 Å². The molecule has 0 spiro atoms. The molecule has 2 atom stereocenters. The second-order valence-electron chi connectivity index (χ2n) is 5.45. The molecule has 2 rings (SSSR count). The molecule has 20 heavy (non-hydrogen) atoms. The van der Waals surface area contributed by atoms with Gasteiger partial charge in [-0.25, -0.2) is 0 Å². The van der Waals surface area contributed by atoms with E-state index in [2.05, 4.69) is 0 Å². The lowest BCUT2D eigenvalue weighted by atomic mass is 9.97. The Morgan fingerprint density at radius 3 is 2.30 bits per heavy atom. The lowest BCUT2D eigenvalue weighted by molar-refractivity contribution is 0.0829. The Balaban J connectivity index is 2.19. The van der Waals surface area contributed by atoms with E-state index < -0.39 is 16.4 Å². The van der Waals surface area contributed by atoms with Crippen LogP contribution in [0.1, 0.15) is 23.6 Å². The molecule has 1 N–H and O–H groups in total. The number of rotatable bonds is 4. The van der Waals surface area contributed by atoms with E-state index in [0.29, 0.717) is 0 Å². The highest BCUT2D eigenvalue weighted by Gasteiger charge is 2.26. The van der Waals surface area contributed by atoms with Crippen LogP contribution in [-0.4, -0.2) is 15.1 Å². The predicted octanol–water partition coefficient (Wildman–Crippen LogP) is 3.32. The van der Waals surface area contributed by atoms with Gasteiger partial charge < -0.3 is 5.11 Å². The standard InChI is InChI=1S/C17H20O2S/c1-13-7-9-16(10-8-13)20(19)12-17(3,18)15-6-4-5-14(2)11-15/h4-11,18H,12H2,1-3H3/t17-,20?/m0/s1. The van der Waals surface area contributed by atoms with Crippen LogP contribution in [0.3, 0.4) is 0 Å². The zero-order valence-corrected chi connectivity index (χ0v) is 12.9. The molecule has 0 radical (unpaired) electrons. The van der Waals surface area contributed by atoms with Gasteiger partial charge in [-0.2, -0.15) is 0 Å². The Hall–Kier alpha value is -1.45. The summed E-state index contributed by atoms with van der Waals surface area (Å²) in [6, 6.07) is 15.3. The second kappa shape index (κ2) is 5.90. The maximum atomic E-state index is 12.4. The van der Waals surface area contributed by atoms with Crippen LogP contribution in [0.2, 0.25) is 0 Å². The lowest BCUT2D eigenvalue weighted by Gasteiger charge is -2.23. The molecular formula is C17H20O2S. The van der Waals surface area contributed by atoms with Crippen molar-refractivity contribution < 1.29 is 9.32 Å². The third kappa shape index (κ3) is 3.56. The maximum Gasteiger partial charge on any atom is 0.0987 e. The molecule has 0 aromatic heterocycles. The molecule has 0 aliphatic rings. The molecule has 1 unspecified atom stereocenters. The van der Waals surface area contributed by atoms with Crippen LogP contribution >= 0.6 is 0 Å². The summed E-state index contributed by atoms with van der Waals surface area (Å²) >= 11 is 0. The van der Waals surface area contributed by atoms with Crippen LogP contribution in [0.25, 0.3) is 0 Å². The molecule has 2 nitrogen and oxygen atoms in total. The van der Waals surface area contributed by atoms with Crippen molar-refractivity contribution >= 4 is 10.8 Å². The first-order valence-corrected chi connectivity index (χ1v) is 7.95. The predicted molar refractivity (Wildman–Crippen MR) is 83.2 cm³/mol. The van der Waals surface area contributed by atoms with Crippen molar-refractivity contribution in [1.82, 2.24) is 0 Å². The molecule has 2 aromatic carbocycles. The van der Waals surface area contributed by atoms with Gasteiger partial charge in [-0.3, -0.25) is 4.21 Å². The van der Waals surface area contributed by atoms with Crippen molar-refractivity contribution in [2.75, 3.05) is 5.75 Å². The van der Waals surface area contributed by atoms with Crippen LogP contribution in [0, 0.1) is 13.8 Å². The summed E-state index contributed by atoms with van der Waals surface area (Å²) in [5.74, 6) is 0.194. The summed E-state index contributed by atoms with van der Waals surface area (Å²) in [4.78, 5) is 0.753. The van der Waals surface area contributed by atoms with Crippen molar-refractivity contribution in [2.24, 2.45) is 0 Å². The topological polar surface area (TPSA) is 37.3 Å². The molecule has 2 aromatic rings. The second-order valence-corrected chi connectivity index (χ2v) is 6.90. The van der Waals surface area contributed by atoms with E-state index in [9.17, 15) is 9.32 Å². The van der Waals surface area contributed by atoms with Gasteiger partial charge in [0.05, 0.1) is 22.2 Å². The SMILES string of the molecule is Cc1ccc(S(=O)C[C@](C)(O)c2cccc(C)c2)cc1. The van der Waals surface area contributed by atoms with Crippen molar-refractivity contribution in [2.45, 2.75) is 31.3 Å². The molecule has 0 aliphatic carbocycles. The van der Waals surface area contributed by atoms with E-state index in [0.717, 1.165) is 21.6 Å². The van der Waals surface area contributed by atoms with Crippen LogP contribution in [0.5, 0.6) is 0 Å². The number of benzene rings is 2. The largest absolute Gasteiger partial charge is 0.384 e. The fourth-order valence-electron chi connectivity index (χ4n) is 2.09. The Bertz CT molecular complexity index is 615. The van der Waals surface area contributed by atoms with E-state index in [1.165, 1.54) is 0 Å². The molecule has 0 aliphatic heterocycles. The Labute approximate surface area is 122 Å². The molecule has 106 valence electrons. The molecule has 0 saturated carbocycles. The van der Waals surface area contributed by atoms with Crippen molar-refractivity contribution in [1.29, 1.82) is 0 Å². The van der Waals surface area contributed by atoms with Crippen molar-refractivity contribution in [3.05, 3.63) is 65.2 Å². The highest BCUT2D eigenvalue weighted by atomic mass is 32.2. The zero-order chi connectivity index (χ0) is 14.8. The van der Waals surface area contributed by atoms with Crippen LogP contribution in [0.15, 0.2) is 53.4 Å². The summed E-state index contributed by atoms with van der Waals surface area (Å²) in [5.41, 5.74) is 1.93. The van der Waals surface area contributed by atoms with Crippen molar-refractivity contribution in [3.63, 3.8) is 0 Å². The van der Waals surface area contributed by atoms with Gasteiger partial charge in [-0.15, -0.1) is 0 Å². The minimum Gasteiger partial charge on any atom is -0.384 e. The first-order valence-electron chi connectivity index (χ1n) is 6.63. The summed E-state index contributed by atoms with van der Waals surface area (Å²) in [5, 5.41) is 10.6. The third-order valence-corrected chi connectivity index (χ3v) is 4.96. The van der Waals surface area contributed by atoms with Gasteiger partial charge in [0.1, 0.15) is 0 Å². The Morgan fingerprint density at radius 1 is 1.05 bits per heavy atom. The van der Waals surface area contributed by atoms with E-state index >= 15 is 0 Å². The summed E-state index contributed by atoms with van der Waals surface area (Å²) < 4.78 is 12.4. The van der Waals surface area contributed by atoms with Gasteiger partial charge in [-0.1, -0.05) is 47.5 Å². The molecule has 0 heterocycles. The molecule has 0 amide bonds. The average Bonchev–Trinajstić information content (AvgIpc) is 2.39.